The lowest BCUT2D eigenvalue weighted by Crippen LogP contribution is -2.46. The summed E-state index contributed by atoms with van der Waals surface area (Å²) in [4.78, 5) is 22.2. The molecule has 2 rings (SSSR count). The van der Waals surface area contributed by atoms with Crippen LogP contribution in [0, 0.1) is 0 Å². The van der Waals surface area contributed by atoms with Gasteiger partial charge < -0.3 is 16.2 Å². The van der Waals surface area contributed by atoms with E-state index in [0.29, 0.717) is 0 Å². The molecule has 0 bridgehead atoms. The first-order chi connectivity index (χ1) is 8.56. The van der Waals surface area contributed by atoms with Crippen LogP contribution < -0.4 is 11.1 Å². The number of fused-ring (bicyclic) bond motifs is 1. The van der Waals surface area contributed by atoms with Crippen molar-refractivity contribution in [1.82, 2.24) is 5.32 Å². The molecule has 18 heavy (non-hydrogen) atoms. The van der Waals surface area contributed by atoms with Crippen LogP contribution >= 0.6 is 0 Å². The minimum atomic E-state index is -1.06. The highest BCUT2D eigenvalue weighted by atomic mass is 16.4. The topological polar surface area (TPSA) is 92.4 Å². The highest BCUT2D eigenvalue weighted by Crippen LogP contribution is 2.21. The maximum absolute atomic E-state index is 11.7. The molecular formula is C13H16N2O3. The quantitative estimate of drug-likeness (QED) is 0.703. The van der Waals surface area contributed by atoms with Crippen LogP contribution in [0.2, 0.25) is 0 Å². The molecule has 0 heterocycles. The fourth-order valence-electron chi connectivity index (χ4n) is 2.25. The number of nitrogens with one attached hydrogen (secondary N) is 1. The second kappa shape index (κ2) is 5.18. The maximum Gasteiger partial charge on any atom is 0.305 e. The number of amides is 1. The van der Waals surface area contributed by atoms with Crippen molar-refractivity contribution < 1.29 is 14.7 Å². The van der Waals surface area contributed by atoms with Gasteiger partial charge in [-0.2, -0.15) is 0 Å². The number of carboxylic acid groups (broad SMARTS) is 1. The van der Waals surface area contributed by atoms with E-state index >= 15 is 0 Å². The predicted molar refractivity (Wildman–Crippen MR) is 66.0 cm³/mol. The normalized spacial score (nSPS) is 16.1. The minimum absolute atomic E-state index is 0.0229. The number of benzene rings is 1. The summed E-state index contributed by atoms with van der Waals surface area (Å²) < 4.78 is 0. The number of rotatable bonds is 4. The number of carboxylic acids is 1. The predicted octanol–water partition coefficient (Wildman–Crippen LogP) is 0.0720. The number of aliphatic carboxylic acids is 1. The van der Waals surface area contributed by atoms with E-state index in [4.69, 9.17) is 10.8 Å². The third-order valence-electron chi connectivity index (χ3n) is 3.13. The summed E-state index contributed by atoms with van der Waals surface area (Å²) in [6.07, 6.45) is 1.22. The van der Waals surface area contributed by atoms with E-state index in [2.05, 4.69) is 5.32 Å². The highest BCUT2D eigenvalue weighted by Gasteiger charge is 2.25. The Bertz CT molecular complexity index is 448. The van der Waals surface area contributed by atoms with Crippen molar-refractivity contribution in [2.24, 2.45) is 5.73 Å². The Hall–Kier alpha value is -1.88. The number of carbonyl (C=O) groups is 2. The van der Waals surface area contributed by atoms with Crippen molar-refractivity contribution in [2.75, 3.05) is 0 Å². The molecule has 1 aliphatic rings. The molecule has 0 aliphatic heterocycles. The highest BCUT2D eigenvalue weighted by molar-refractivity contribution is 5.86. The first kappa shape index (κ1) is 12.6. The standard InChI is InChI=1S/C13H16N2O3/c14-11(7-12(16)17)13(18)15-10-5-8-3-1-2-4-9(8)6-10/h1-4,10-11H,5-7,14H2,(H,15,18)(H,16,17)/t11-/m0/s1. The first-order valence-electron chi connectivity index (χ1n) is 5.91. The van der Waals surface area contributed by atoms with Gasteiger partial charge in [-0.25, -0.2) is 0 Å². The number of hydrogen-bond donors (Lipinski definition) is 3. The Morgan fingerprint density at radius 2 is 1.89 bits per heavy atom. The molecule has 5 nitrogen and oxygen atoms in total. The molecule has 0 saturated carbocycles. The lowest BCUT2D eigenvalue weighted by molar-refractivity contribution is -0.139. The lowest BCUT2D eigenvalue weighted by atomic mass is 10.1. The SMILES string of the molecule is N[C@@H](CC(=O)O)C(=O)NC1Cc2ccccc2C1. The van der Waals surface area contributed by atoms with Crippen LogP contribution in [-0.2, 0) is 22.4 Å². The van der Waals surface area contributed by atoms with Gasteiger partial charge in [0.15, 0.2) is 0 Å². The summed E-state index contributed by atoms with van der Waals surface area (Å²) >= 11 is 0. The van der Waals surface area contributed by atoms with Gasteiger partial charge in [0.2, 0.25) is 5.91 Å². The third kappa shape index (κ3) is 2.87. The number of carbonyl (C=O) groups excluding carboxylic acids is 1. The molecule has 0 radical (unpaired) electrons. The van der Waals surface area contributed by atoms with Crippen LogP contribution in [-0.4, -0.2) is 29.1 Å². The zero-order chi connectivity index (χ0) is 13.1. The smallest absolute Gasteiger partial charge is 0.305 e. The van der Waals surface area contributed by atoms with Gasteiger partial charge in [-0.3, -0.25) is 9.59 Å². The molecule has 0 aromatic heterocycles. The van der Waals surface area contributed by atoms with E-state index in [9.17, 15) is 9.59 Å². The largest absolute Gasteiger partial charge is 0.481 e. The van der Waals surface area contributed by atoms with Gasteiger partial charge in [0, 0.05) is 6.04 Å². The van der Waals surface area contributed by atoms with Crippen LogP contribution in [0.3, 0.4) is 0 Å². The molecule has 0 unspecified atom stereocenters. The maximum atomic E-state index is 11.7. The fraction of sp³-hybridized carbons (Fsp3) is 0.385. The van der Waals surface area contributed by atoms with Crippen molar-refractivity contribution in [1.29, 1.82) is 0 Å². The van der Waals surface area contributed by atoms with Crippen molar-refractivity contribution in [3.05, 3.63) is 35.4 Å². The van der Waals surface area contributed by atoms with E-state index in [1.54, 1.807) is 0 Å². The Balaban J connectivity index is 1.89. The van der Waals surface area contributed by atoms with Crippen LogP contribution in [0.1, 0.15) is 17.5 Å². The zero-order valence-corrected chi connectivity index (χ0v) is 9.93. The number of nitrogens with two attached hydrogens (primary N) is 1. The van der Waals surface area contributed by atoms with Gasteiger partial charge >= 0.3 is 5.97 Å². The lowest BCUT2D eigenvalue weighted by Gasteiger charge is -2.15. The van der Waals surface area contributed by atoms with Crippen LogP contribution in [0.15, 0.2) is 24.3 Å². The molecule has 0 fully saturated rings. The van der Waals surface area contributed by atoms with E-state index < -0.39 is 17.9 Å². The summed E-state index contributed by atoms with van der Waals surface area (Å²) in [5.74, 6) is -1.46. The molecule has 1 atom stereocenters. The third-order valence-corrected chi connectivity index (χ3v) is 3.13. The van der Waals surface area contributed by atoms with Gasteiger partial charge in [0.1, 0.15) is 0 Å². The van der Waals surface area contributed by atoms with E-state index in [0.717, 1.165) is 12.8 Å². The fourth-order valence-corrected chi connectivity index (χ4v) is 2.25. The van der Waals surface area contributed by atoms with Crippen LogP contribution in [0.4, 0.5) is 0 Å². The second-order valence-electron chi connectivity index (χ2n) is 4.59. The van der Waals surface area contributed by atoms with E-state index in [1.807, 2.05) is 24.3 Å². The molecule has 4 N–H and O–H groups in total. The van der Waals surface area contributed by atoms with Crippen LogP contribution in [0.5, 0.6) is 0 Å². The van der Waals surface area contributed by atoms with Crippen molar-refractivity contribution in [3.8, 4) is 0 Å². The molecule has 0 saturated heterocycles. The average molecular weight is 248 g/mol. The molecule has 5 heteroatoms. The van der Waals surface area contributed by atoms with Gasteiger partial charge in [-0.05, 0) is 24.0 Å². The van der Waals surface area contributed by atoms with Crippen molar-refractivity contribution in [3.63, 3.8) is 0 Å². The minimum Gasteiger partial charge on any atom is -0.481 e. The summed E-state index contributed by atoms with van der Waals surface area (Å²) in [6, 6.07) is 7.07. The molecule has 1 aromatic carbocycles. The molecule has 1 aromatic rings. The van der Waals surface area contributed by atoms with Crippen molar-refractivity contribution >= 4 is 11.9 Å². The Morgan fingerprint density at radius 3 is 2.39 bits per heavy atom. The van der Waals surface area contributed by atoms with Crippen LogP contribution in [0.25, 0.3) is 0 Å². The Morgan fingerprint density at radius 1 is 1.33 bits per heavy atom. The zero-order valence-electron chi connectivity index (χ0n) is 9.93. The molecule has 0 spiro atoms. The monoisotopic (exact) mass is 248 g/mol. The Kier molecular flexibility index (Phi) is 3.62. The van der Waals surface area contributed by atoms with E-state index in [1.165, 1.54) is 11.1 Å². The van der Waals surface area contributed by atoms with Gasteiger partial charge in [0.25, 0.3) is 0 Å². The van der Waals surface area contributed by atoms with E-state index in [-0.39, 0.29) is 12.5 Å². The molecule has 1 amide bonds. The Labute approximate surface area is 105 Å². The van der Waals surface area contributed by atoms with Gasteiger partial charge in [-0.1, -0.05) is 24.3 Å². The summed E-state index contributed by atoms with van der Waals surface area (Å²) in [6.45, 7) is 0. The summed E-state index contributed by atoms with van der Waals surface area (Å²) in [7, 11) is 0. The van der Waals surface area contributed by atoms with Gasteiger partial charge in [0.05, 0.1) is 12.5 Å². The van der Waals surface area contributed by atoms with Crippen molar-refractivity contribution in [2.45, 2.75) is 31.3 Å². The second-order valence-corrected chi connectivity index (χ2v) is 4.59. The van der Waals surface area contributed by atoms with Gasteiger partial charge in [-0.15, -0.1) is 0 Å². The molecule has 96 valence electrons. The summed E-state index contributed by atoms with van der Waals surface area (Å²) in [5, 5.41) is 11.4. The average Bonchev–Trinajstić information content (AvgIpc) is 2.69. The first-order valence-corrected chi connectivity index (χ1v) is 5.91. The summed E-state index contributed by atoms with van der Waals surface area (Å²) in [5.41, 5.74) is 7.97. The molecular weight excluding hydrogens is 232 g/mol. The molecule has 1 aliphatic carbocycles. The number of hydrogen-bond acceptors (Lipinski definition) is 3.